The molecule has 1 saturated carbocycles. The largest absolute Gasteiger partial charge is 0.359 e. The lowest BCUT2D eigenvalue weighted by Gasteiger charge is -2.22. The van der Waals surface area contributed by atoms with Gasteiger partial charge in [0.1, 0.15) is 0 Å². The van der Waals surface area contributed by atoms with Crippen molar-refractivity contribution >= 4 is 5.91 Å². The molecule has 1 aliphatic carbocycles. The Labute approximate surface area is 49.3 Å². The van der Waals surface area contributed by atoms with Gasteiger partial charge in [0.2, 0.25) is 5.91 Å². The van der Waals surface area contributed by atoms with Crippen LogP contribution in [-0.2, 0) is 4.79 Å². The van der Waals surface area contributed by atoms with Gasteiger partial charge in [0.15, 0.2) is 0 Å². The van der Waals surface area contributed by atoms with Gasteiger partial charge in [0.05, 0.1) is 0 Å². The van der Waals surface area contributed by atoms with Gasteiger partial charge < -0.3 is 5.32 Å². The molecule has 0 bridgehead atoms. The summed E-state index contributed by atoms with van der Waals surface area (Å²) >= 11 is 0. The van der Waals surface area contributed by atoms with Crippen LogP contribution in [0.4, 0.5) is 0 Å². The van der Waals surface area contributed by atoms with Crippen LogP contribution in [0.25, 0.3) is 0 Å². The second kappa shape index (κ2) is 2.16. The van der Waals surface area contributed by atoms with Gasteiger partial charge in [0, 0.05) is 13.0 Å². The van der Waals surface area contributed by atoms with E-state index in [4.69, 9.17) is 0 Å². The molecule has 1 N–H and O–H groups in total. The first-order valence-corrected chi connectivity index (χ1v) is 2.88. The molecule has 2 heteroatoms. The first kappa shape index (κ1) is 5.60. The zero-order valence-corrected chi connectivity index (χ0v) is 4.98. The van der Waals surface area contributed by atoms with Gasteiger partial charge in [-0.15, -0.1) is 0 Å². The van der Waals surface area contributed by atoms with Crippen LogP contribution in [0.15, 0.2) is 0 Å². The van der Waals surface area contributed by atoms with Crippen molar-refractivity contribution in [2.45, 2.75) is 12.8 Å². The van der Waals surface area contributed by atoms with Crippen LogP contribution in [0, 0.1) is 12.3 Å². The maximum atomic E-state index is 10.7. The lowest BCUT2D eigenvalue weighted by Crippen LogP contribution is -2.31. The Bertz CT molecular complexity index is 96.7. The highest BCUT2D eigenvalue weighted by molar-refractivity contribution is 5.79. The molecular formula is C6H10NO. The Morgan fingerprint density at radius 1 is 1.75 bits per heavy atom. The highest BCUT2D eigenvalue weighted by atomic mass is 16.1. The summed E-state index contributed by atoms with van der Waals surface area (Å²) < 4.78 is 0. The summed E-state index contributed by atoms with van der Waals surface area (Å²) in [6.45, 7) is 0. The van der Waals surface area contributed by atoms with E-state index in [1.165, 1.54) is 0 Å². The van der Waals surface area contributed by atoms with Crippen molar-refractivity contribution in [1.82, 2.24) is 5.32 Å². The number of nitrogens with one attached hydrogen (secondary N) is 1. The van der Waals surface area contributed by atoms with E-state index < -0.39 is 0 Å². The van der Waals surface area contributed by atoms with Crippen LogP contribution in [0.2, 0.25) is 0 Å². The highest BCUT2D eigenvalue weighted by Crippen LogP contribution is 2.24. The average molecular weight is 112 g/mol. The van der Waals surface area contributed by atoms with Crippen molar-refractivity contribution < 1.29 is 4.79 Å². The Balaban J connectivity index is 2.24. The SMILES string of the molecule is CNC(=O)C1C[CH]C1. The van der Waals surface area contributed by atoms with Crippen molar-refractivity contribution in [2.24, 2.45) is 5.92 Å². The summed E-state index contributed by atoms with van der Waals surface area (Å²) in [7, 11) is 1.68. The molecular weight excluding hydrogens is 102 g/mol. The van der Waals surface area contributed by atoms with Gasteiger partial charge in [0.25, 0.3) is 0 Å². The average Bonchev–Trinajstić information content (AvgIpc) is 1.62. The van der Waals surface area contributed by atoms with E-state index in [1.54, 1.807) is 7.05 Å². The molecule has 0 atom stereocenters. The number of hydrogen-bond acceptors (Lipinski definition) is 1. The topological polar surface area (TPSA) is 29.1 Å². The van der Waals surface area contributed by atoms with Gasteiger partial charge in [-0.25, -0.2) is 0 Å². The highest BCUT2D eigenvalue weighted by Gasteiger charge is 2.23. The predicted molar refractivity (Wildman–Crippen MR) is 31.1 cm³/mol. The fraction of sp³-hybridized carbons (Fsp3) is 0.667. The second-order valence-corrected chi connectivity index (χ2v) is 2.07. The second-order valence-electron chi connectivity index (χ2n) is 2.07. The van der Waals surface area contributed by atoms with Crippen molar-refractivity contribution in [3.63, 3.8) is 0 Å². The van der Waals surface area contributed by atoms with Crippen LogP contribution in [0.3, 0.4) is 0 Å². The van der Waals surface area contributed by atoms with Crippen LogP contribution >= 0.6 is 0 Å². The lowest BCUT2D eigenvalue weighted by atomic mass is 9.85. The molecule has 8 heavy (non-hydrogen) atoms. The third kappa shape index (κ3) is 0.831. The minimum absolute atomic E-state index is 0.188. The molecule has 0 aliphatic heterocycles. The summed E-state index contributed by atoms with van der Waals surface area (Å²) in [5.74, 6) is 0.479. The maximum absolute atomic E-state index is 10.7. The van der Waals surface area contributed by atoms with Crippen molar-refractivity contribution in [2.75, 3.05) is 7.05 Å². The van der Waals surface area contributed by atoms with Crippen molar-refractivity contribution in [3.05, 3.63) is 6.42 Å². The fourth-order valence-corrected chi connectivity index (χ4v) is 0.752. The number of amides is 1. The zero-order valence-electron chi connectivity index (χ0n) is 4.98. The van der Waals surface area contributed by atoms with E-state index in [0.29, 0.717) is 5.92 Å². The first-order valence-electron chi connectivity index (χ1n) is 2.88. The molecule has 0 spiro atoms. The number of hydrogen-bond donors (Lipinski definition) is 1. The first-order chi connectivity index (χ1) is 3.84. The molecule has 1 rings (SSSR count). The molecule has 0 saturated heterocycles. The Hall–Kier alpha value is -0.530. The molecule has 2 nitrogen and oxygen atoms in total. The molecule has 1 radical (unpaired) electrons. The summed E-state index contributed by atoms with van der Waals surface area (Å²) in [4.78, 5) is 10.7. The third-order valence-corrected chi connectivity index (χ3v) is 1.52. The smallest absolute Gasteiger partial charge is 0.222 e. The summed E-state index contributed by atoms with van der Waals surface area (Å²) in [5.41, 5.74) is 0. The molecule has 0 aromatic heterocycles. The number of rotatable bonds is 1. The van der Waals surface area contributed by atoms with Crippen LogP contribution in [0.1, 0.15) is 12.8 Å². The van der Waals surface area contributed by atoms with Crippen molar-refractivity contribution in [1.29, 1.82) is 0 Å². The lowest BCUT2D eigenvalue weighted by molar-refractivity contribution is -0.125. The number of carbonyl (C=O) groups is 1. The molecule has 1 fully saturated rings. The summed E-state index contributed by atoms with van der Waals surface area (Å²) in [5, 5.41) is 2.61. The third-order valence-electron chi connectivity index (χ3n) is 1.52. The Kier molecular flexibility index (Phi) is 1.51. The van der Waals surface area contributed by atoms with E-state index in [9.17, 15) is 4.79 Å². The van der Waals surface area contributed by atoms with Gasteiger partial charge in [-0.2, -0.15) is 0 Å². The van der Waals surface area contributed by atoms with Crippen LogP contribution in [0.5, 0.6) is 0 Å². The van der Waals surface area contributed by atoms with E-state index in [0.717, 1.165) is 12.8 Å². The molecule has 0 aromatic rings. The molecule has 0 unspecified atom stereocenters. The van der Waals surface area contributed by atoms with Crippen LogP contribution < -0.4 is 5.32 Å². The van der Waals surface area contributed by atoms with Gasteiger partial charge >= 0.3 is 0 Å². The van der Waals surface area contributed by atoms with Crippen molar-refractivity contribution in [3.8, 4) is 0 Å². The van der Waals surface area contributed by atoms with Gasteiger partial charge in [-0.3, -0.25) is 4.79 Å². The zero-order chi connectivity index (χ0) is 5.98. The minimum Gasteiger partial charge on any atom is -0.359 e. The standard InChI is InChI=1S/C6H10NO/c1-7-6(8)5-3-2-4-5/h2,5H,3-4H2,1H3,(H,7,8). The molecule has 0 aromatic carbocycles. The van der Waals surface area contributed by atoms with E-state index in [2.05, 4.69) is 11.7 Å². The molecule has 45 valence electrons. The summed E-state index contributed by atoms with van der Waals surface area (Å²) in [6.07, 6.45) is 4.07. The number of carbonyl (C=O) groups excluding carboxylic acids is 1. The quantitative estimate of drug-likeness (QED) is 0.521. The van der Waals surface area contributed by atoms with E-state index in [-0.39, 0.29) is 5.91 Å². The Morgan fingerprint density at radius 2 is 2.38 bits per heavy atom. The van der Waals surface area contributed by atoms with E-state index in [1.807, 2.05) is 0 Å². The fourth-order valence-electron chi connectivity index (χ4n) is 0.752. The predicted octanol–water partition coefficient (Wildman–Crippen LogP) is 0.347. The minimum atomic E-state index is 0.188. The summed E-state index contributed by atoms with van der Waals surface area (Å²) in [6, 6.07) is 0. The van der Waals surface area contributed by atoms with Gasteiger partial charge in [-0.05, 0) is 19.3 Å². The monoisotopic (exact) mass is 112 g/mol. The molecule has 1 amide bonds. The van der Waals surface area contributed by atoms with Gasteiger partial charge in [-0.1, -0.05) is 0 Å². The molecule has 1 aliphatic rings. The normalized spacial score (nSPS) is 19.6. The maximum Gasteiger partial charge on any atom is 0.222 e. The van der Waals surface area contributed by atoms with Crippen LogP contribution in [-0.4, -0.2) is 13.0 Å². The Morgan fingerprint density at radius 3 is 2.50 bits per heavy atom. The van der Waals surface area contributed by atoms with E-state index >= 15 is 0 Å². The molecule has 0 heterocycles.